The molecule has 1 aromatic rings. The van der Waals surface area contributed by atoms with Crippen molar-refractivity contribution in [2.75, 3.05) is 14.1 Å². The number of amides is 1. The second kappa shape index (κ2) is 5.12. The van der Waals surface area contributed by atoms with Gasteiger partial charge >= 0.3 is 0 Å². The fourth-order valence-corrected chi connectivity index (χ4v) is 1.38. The average Bonchev–Trinajstić information content (AvgIpc) is 2.61. The maximum Gasteiger partial charge on any atom is 0.273 e. The number of rotatable bonds is 3. The summed E-state index contributed by atoms with van der Waals surface area (Å²) < 4.78 is 1.47. The van der Waals surface area contributed by atoms with Crippen LogP contribution in [0.25, 0.3) is 0 Å². The molecule has 0 aliphatic rings. The Morgan fingerprint density at radius 2 is 2.25 bits per heavy atom. The molecule has 0 bridgehead atoms. The van der Waals surface area contributed by atoms with E-state index in [0.29, 0.717) is 11.5 Å². The molecule has 0 aliphatic carbocycles. The zero-order chi connectivity index (χ0) is 12.3. The van der Waals surface area contributed by atoms with Crippen LogP contribution in [0.5, 0.6) is 0 Å². The van der Waals surface area contributed by atoms with Gasteiger partial charge in [-0.2, -0.15) is 5.10 Å². The molecular formula is C10H15ClN4O. The number of hydrogen-bond donors (Lipinski definition) is 0. The molecule has 88 valence electrons. The van der Waals surface area contributed by atoms with Crippen molar-refractivity contribution in [1.82, 2.24) is 14.6 Å². The number of carbonyl (C=O) groups excluding carboxylic acids is 1. The van der Waals surface area contributed by atoms with E-state index in [2.05, 4.69) is 10.1 Å². The molecule has 0 radical (unpaired) electrons. The standard InChI is InChI=1S/C10H15ClN4O/c1-7(2)9-12-5-8(10(16)14(3)4)15(9)13-6-11/h5-7H,1-4H3/b13-6+. The topological polar surface area (TPSA) is 50.5 Å². The van der Waals surface area contributed by atoms with Crippen molar-refractivity contribution in [3.63, 3.8) is 0 Å². The van der Waals surface area contributed by atoms with Crippen molar-refractivity contribution in [1.29, 1.82) is 0 Å². The highest BCUT2D eigenvalue weighted by Gasteiger charge is 2.19. The Morgan fingerprint density at radius 1 is 1.62 bits per heavy atom. The second-order valence-electron chi connectivity index (χ2n) is 3.88. The first-order chi connectivity index (χ1) is 7.49. The van der Waals surface area contributed by atoms with Crippen molar-refractivity contribution in [3.8, 4) is 0 Å². The van der Waals surface area contributed by atoms with E-state index < -0.39 is 0 Å². The molecule has 0 saturated heterocycles. The molecule has 1 aromatic heterocycles. The largest absolute Gasteiger partial charge is 0.343 e. The quantitative estimate of drug-likeness (QED) is 0.758. The number of hydrogen-bond acceptors (Lipinski definition) is 3. The third-order valence-corrected chi connectivity index (χ3v) is 2.15. The number of carbonyl (C=O) groups is 1. The smallest absolute Gasteiger partial charge is 0.273 e. The highest BCUT2D eigenvalue weighted by atomic mass is 35.5. The summed E-state index contributed by atoms with van der Waals surface area (Å²) in [6.07, 6.45) is 1.52. The van der Waals surface area contributed by atoms with Gasteiger partial charge in [-0.1, -0.05) is 25.4 Å². The Kier molecular flexibility index (Phi) is 4.06. The third-order valence-electron chi connectivity index (χ3n) is 2.07. The summed E-state index contributed by atoms with van der Waals surface area (Å²) in [4.78, 5) is 17.5. The minimum Gasteiger partial charge on any atom is -0.343 e. The van der Waals surface area contributed by atoms with E-state index in [9.17, 15) is 4.79 Å². The monoisotopic (exact) mass is 242 g/mol. The molecule has 0 spiro atoms. The summed E-state index contributed by atoms with van der Waals surface area (Å²) in [5, 5.41) is 3.94. The van der Waals surface area contributed by atoms with Gasteiger partial charge in [0.2, 0.25) is 0 Å². The van der Waals surface area contributed by atoms with Crippen LogP contribution in [-0.4, -0.2) is 40.2 Å². The molecule has 0 fully saturated rings. The van der Waals surface area contributed by atoms with Crippen LogP contribution in [0, 0.1) is 0 Å². The van der Waals surface area contributed by atoms with Crippen molar-refractivity contribution < 1.29 is 4.79 Å². The summed E-state index contributed by atoms with van der Waals surface area (Å²) in [6, 6.07) is 0. The summed E-state index contributed by atoms with van der Waals surface area (Å²) in [7, 11) is 3.36. The summed E-state index contributed by atoms with van der Waals surface area (Å²) in [6.45, 7) is 3.96. The van der Waals surface area contributed by atoms with E-state index in [0.717, 1.165) is 5.67 Å². The van der Waals surface area contributed by atoms with Crippen molar-refractivity contribution in [2.24, 2.45) is 5.10 Å². The first-order valence-corrected chi connectivity index (χ1v) is 5.35. The molecule has 16 heavy (non-hydrogen) atoms. The van der Waals surface area contributed by atoms with Crippen LogP contribution >= 0.6 is 11.6 Å². The Balaban J connectivity index is 3.25. The summed E-state index contributed by atoms with van der Waals surface area (Å²) >= 11 is 5.46. The van der Waals surface area contributed by atoms with Crippen molar-refractivity contribution in [3.05, 3.63) is 17.7 Å². The molecule has 0 N–H and O–H groups in total. The minimum absolute atomic E-state index is 0.151. The number of imidazole rings is 1. The molecule has 0 aromatic carbocycles. The Bertz CT molecular complexity index is 409. The predicted octanol–water partition coefficient (Wildman–Crippen LogP) is 1.74. The van der Waals surface area contributed by atoms with Gasteiger partial charge in [0.05, 0.1) is 6.20 Å². The van der Waals surface area contributed by atoms with Crippen LogP contribution in [-0.2, 0) is 0 Å². The van der Waals surface area contributed by atoms with E-state index in [1.54, 1.807) is 14.1 Å². The average molecular weight is 243 g/mol. The fourth-order valence-electron chi connectivity index (χ4n) is 1.29. The van der Waals surface area contributed by atoms with E-state index in [1.807, 2.05) is 13.8 Å². The molecule has 5 nitrogen and oxygen atoms in total. The lowest BCUT2D eigenvalue weighted by Crippen LogP contribution is -2.24. The summed E-state index contributed by atoms with van der Waals surface area (Å²) in [5.41, 5.74) is 1.53. The normalized spacial score (nSPS) is 11.4. The van der Waals surface area contributed by atoms with Gasteiger partial charge in [-0.3, -0.25) is 4.79 Å². The SMILES string of the molecule is CC(C)c1ncc(C(=O)N(C)C)n1/N=C/Cl. The van der Waals surface area contributed by atoms with Gasteiger partial charge in [0.15, 0.2) is 0 Å². The van der Waals surface area contributed by atoms with E-state index >= 15 is 0 Å². The lowest BCUT2D eigenvalue weighted by atomic mass is 10.2. The van der Waals surface area contributed by atoms with Crippen LogP contribution in [0.15, 0.2) is 11.3 Å². The van der Waals surface area contributed by atoms with Crippen LogP contribution in [0.3, 0.4) is 0 Å². The molecule has 1 amide bonds. The lowest BCUT2D eigenvalue weighted by Gasteiger charge is -2.11. The summed E-state index contributed by atoms with van der Waals surface area (Å²) in [5.74, 6) is 0.729. The van der Waals surface area contributed by atoms with E-state index in [1.165, 1.54) is 15.8 Å². The van der Waals surface area contributed by atoms with E-state index in [4.69, 9.17) is 11.6 Å². The number of halogens is 1. The van der Waals surface area contributed by atoms with Gasteiger partial charge in [0.25, 0.3) is 5.91 Å². The minimum atomic E-state index is -0.151. The third kappa shape index (κ3) is 2.41. The molecule has 1 heterocycles. The fraction of sp³-hybridized carbons (Fsp3) is 0.500. The first-order valence-electron chi connectivity index (χ1n) is 4.91. The van der Waals surface area contributed by atoms with Crippen molar-refractivity contribution in [2.45, 2.75) is 19.8 Å². The van der Waals surface area contributed by atoms with Gasteiger partial charge in [-0.15, -0.1) is 0 Å². The zero-order valence-electron chi connectivity index (χ0n) is 9.81. The van der Waals surface area contributed by atoms with Crippen molar-refractivity contribution >= 4 is 23.2 Å². The zero-order valence-corrected chi connectivity index (χ0v) is 10.6. The Morgan fingerprint density at radius 3 is 2.69 bits per heavy atom. The van der Waals surface area contributed by atoms with Gasteiger partial charge in [0, 0.05) is 20.0 Å². The van der Waals surface area contributed by atoms with Gasteiger partial charge in [0.1, 0.15) is 17.2 Å². The highest BCUT2D eigenvalue weighted by molar-refractivity contribution is 6.56. The van der Waals surface area contributed by atoms with Gasteiger partial charge in [-0.05, 0) is 0 Å². The molecule has 0 atom stereocenters. The highest BCUT2D eigenvalue weighted by Crippen LogP contribution is 2.16. The predicted molar refractivity (Wildman–Crippen MR) is 64.1 cm³/mol. The van der Waals surface area contributed by atoms with Gasteiger partial charge in [-0.25, -0.2) is 9.66 Å². The van der Waals surface area contributed by atoms with Crippen LogP contribution in [0.2, 0.25) is 0 Å². The molecule has 1 rings (SSSR count). The van der Waals surface area contributed by atoms with E-state index in [-0.39, 0.29) is 11.8 Å². The molecule has 0 unspecified atom stereocenters. The van der Waals surface area contributed by atoms with Crippen LogP contribution in [0.1, 0.15) is 36.1 Å². The van der Waals surface area contributed by atoms with Crippen LogP contribution < -0.4 is 0 Å². The Hall–Kier alpha value is -1.36. The molecule has 6 heteroatoms. The maximum atomic E-state index is 11.8. The number of nitrogens with zero attached hydrogens (tertiary/aromatic N) is 4. The molecular weight excluding hydrogens is 228 g/mol. The maximum absolute atomic E-state index is 11.8. The molecule has 0 saturated carbocycles. The number of aromatic nitrogens is 2. The Labute approximate surface area is 99.7 Å². The first kappa shape index (κ1) is 12.7. The second-order valence-corrected chi connectivity index (χ2v) is 4.08. The molecule has 0 aliphatic heterocycles. The van der Waals surface area contributed by atoms with Crippen LogP contribution in [0.4, 0.5) is 0 Å². The lowest BCUT2D eigenvalue weighted by molar-refractivity contribution is 0.0818. The van der Waals surface area contributed by atoms with Gasteiger partial charge < -0.3 is 4.90 Å².